The van der Waals surface area contributed by atoms with Gasteiger partial charge >= 0.3 is 11.9 Å². The number of benzene rings is 4. The van der Waals surface area contributed by atoms with Crippen LogP contribution in [0.3, 0.4) is 0 Å². The highest BCUT2D eigenvalue weighted by atomic mass is 32.1. The Morgan fingerprint density at radius 3 is 2.35 bits per heavy atom. The van der Waals surface area contributed by atoms with E-state index < -0.39 is 11.9 Å². The highest BCUT2D eigenvalue weighted by Gasteiger charge is 2.12. The molecular weight excluding hydrogens is 598 g/mol. The Morgan fingerprint density at radius 2 is 1.65 bits per heavy atom. The van der Waals surface area contributed by atoms with E-state index in [0.717, 1.165) is 46.7 Å². The summed E-state index contributed by atoms with van der Waals surface area (Å²) in [6.45, 7) is 6.29. The molecule has 0 spiro atoms. The lowest BCUT2D eigenvalue weighted by molar-refractivity contribution is -0.137. The van der Waals surface area contributed by atoms with E-state index in [1.807, 2.05) is 30.3 Å². The summed E-state index contributed by atoms with van der Waals surface area (Å²) in [6.07, 6.45) is 5.94. The van der Waals surface area contributed by atoms with Crippen LogP contribution < -0.4 is 15.2 Å². The highest BCUT2D eigenvalue weighted by Crippen LogP contribution is 2.28. The molecule has 0 saturated heterocycles. The number of nitrogens with one attached hydrogen (secondary N) is 1. The number of hydrogen-bond donors (Lipinski definition) is 2. The van der Waals surface area contributed by atoms with E-state index in [1.165, 1.54) is 23.1 Å². The number of aromatic nitrogens is 1. The van der Waals surface area contributed by atoms with Crippen molar-refractivity contribution in [2.45, 2.75) is 32.6 Å². The molecule has 0 unspecified atom stereocenters. The maximum Gasteiger partial charge on any atom is 0.343 e. The van der Waals surface area contributed by atoms with Crippen molar-refractivity contribution in [2.75, 3.05) is 18.9 Å². The third-order valence-corrected chi connectivity index (χ3v) is 7.68. The van der Waals surface area contributed by atoms with E-state index in [9.17, 15) is 9.59 Å². The summed E-state index contributed by atoms with van der Waals surface area (Å²) in [5.74, 6) is 0.0936. The number of carbonyl (C=O) groups excluding carboxylic acids is 2. The Bertz CT molecular complexity index is 1730. The number of fused-ring (bicyclic) bond motifs is 1. The first kappa shape index (κ1) is 33.6. The van der Waals surface area contributed by atoms with Crippen molar-refractivity contribution in [2.24, 2.45) is 0 Å². The Morgan fingerprint density at radius 1 is 0.935 bits per heavy atom. The number of ether oxygens (including phenoxy) is 3. The molecule has 5 aromatic rings. The second-order valence-corrected chi connectivity index (χ2v) is 11.3. The molecular formula is C37H37N3O5S. The average Bonchev–Trinajstić information content (AvgIpc) is 3.47. The number of nitrogen functional groups attached to an aromatic ring is 1. The number of aryl methyl sites for hydroxylation is 1. The average molecular weight is 636 g/mol. The summed E-state index contributed by atoms with van der Waals surface area (Å²) in [5.41, 5.74) is 10.8. The molecule has 1 aromatic heterocycles. The van der Waals surface area contributed by atoms with Crippen molar-refractivity contribution >= 4 is 44.8 Å². The Hall–Kier alpha value is -5.28. The molecule has 4 aromatic carbocycles. The predicted molar refractivity (Wildman–Crippen MR) is 185 cm³/mol. The van der Waals surface area contributed by atoms with Gasteiger partial charge in [-0.3, -0.25) is 0 Å². The van der Waals surface area contributed by atoms with Crippen LogP contribution >= 0.6 is 11.3 Å². The number of carbonyl (C=O) groups is 2. The number of nitrogens with zero attached hydrogens (tertiary/aromatic N) is 1. The number of rotatable bonds is 13. The second kappa shape index (κ2) is 17.3. The minimum atomic E-state index is -0.488. The summed E-state index contributed by atoms with van der Waals surface area (Å²) >= 11 is 1.52. The minimum Gasteiger partial charge on any atom is -0.494 e. The molecule has 9 heteroatoms. The zero-order valence-electron chi connectivity index (χ0n) is 25.7. The molecule has 5 rings (SSSR count). The molecule has 1 heterocycles. The first-order valence-electron chi connectivity index (χ1n) is 15.0. The van der Waals surface area contributed by atoms with Gasteiger partial charge < -0.3 is 25.4 Å². The van der Waals surface area contributed by atoms with Crippen LogP contribution in [0.2, 0.25) is 0 Å². The number of anilines is 1. The molecule has 46 heavy (non-hydrogen) atoms. The molecule has 0 fully saturated rings. The maximum atomic E-state index is 12.6. The SMILES string of the molecule is C=CC(=O)OCCCCOc1ccc(C(=O)Oc2ccc(-c3ccc(CCC)cc3)c(C=N)c2)cc1.Nc1nc2ccccc2s1. The van der Waals surface area contributed by atoms with Gasteiger partial charge in [0.05, 0.1) is 29.0 Å². The molecule has 3 N–H and O–H groups in total. The van der Waals surface area contributed by atoms with Crippen LogP contribution in [0.15, 0.2) is 104 Å². The molecule has 0 aliphatic carbocycles. The maximum absolute atomic E-state index is 12.6. The molecule has 0 bridgehead atoms. The Balaban J connectivity index is 0.000000402. The van der Waals surface area contributed by atoms with E-state index in [2.05, 4.69) is 42.8 Å². The van der Waals surface area contributed by atoms with Crippen molar-refractivity contribution in [1.82, 2.24) is 4.98 Å². The molecule has 0 aliphatic rings. The van der Waals surface area contributed by atoms with Gasteiger partial charge in [0.1, 0.15) is 11.5 Å². The van der Waals surface area contributed by atoms with Gasteiger partial charge in [-0.25, -0.2) is 14.6 Å². The first-order chi connectivity index (χ1) is 22.4. The van der Waals surface area contributed by atoms with Gasteiger partial charge in [-0.05, 0) is 84.5 Å². The van der Waals surface area contributed by atoms with Crippen LogP contribution in [0.1, 0.15) is 47.7 Å². The van der Waals surface area contributed by atoms with Crippen LogP contribution in [0, 0.1) is 5.41 Å². The fourth-order valence-electron chi connectivity index (χ4n) is 4.50. The normalized spacial score (nSPS) is 10.4. The number of nitrogens with two attached hydrogens (primary N) is 1. The molecule has 0 atom stereocenters. The lowest BCUT2D eigenvalue weighted by Gasteiger charge is -2.11. The monoisotopic (exact) mass is 635 g/mol. The zero-order chi connectivity index (χ0) is 32.7. The lowest BCUT2D eigenvalue weighted by atomic mass is 9.98. The van der Waals surface area contributed by atoms with Crippen molar-refractivity contribution in [1.29, 1.82) is 5.41 Å². The van der Waals surface area contributed by atoms with Crippen LogP contribution in [0.25, 0.3) is 21.3 Å². The first-order valence-corrected chi connectivity index (χ1v) is 15.8. The van der Waals surface area contributed by atoms with Gasteiger partial charge in [0.25, 0.3) is 0 Å². The summed E-state index contributed by atoms with van der Waals surface area (Å²) in [7, 11) is 0. The summed E-state index contributed by atoms with van der Waals surface area (Å²) in [6, 6.07) is 28.3. The molecule has 0 aliphatic heterocycles. The topological polar surface area (TPSA) is 125 Å². The predicted octanol–water partition coefficient (Wildman–Crippen LogP) is 8.29. The number of hydrogen-bond acceptors (Lipinski definition) is 9. The summed E-state index contributed by atoms with van der Waals surface area (Å²) < 4.78 is 17.3. The van der Waals surface area contributed by atoms with Crippen LogP contribution in [-0.2, 0) is 16.0 Å². The van der Waals surface area contributed by atoms with E-state index in [4.69, 9.17) is 25.4 Å². The van der Waals surface area contributed by atoms with E-state index in [0.29, 0.717) is 47.4 Å². The zero-order valence-corrected chi connectivity index (χ0v) is 26.6. The van der Waals surface area contributed by atoms with Gasteiger partial charge in [-0.1, -0.05) is 73.7 Å². The van der Waals surface area contributed by atoms with E-state index in [-0.39, 0.29) is 0 Å². The smallest absolute Gasteiger partial charge is 0.343 e. The van der Waals surface area contributed by atoms with Gasteiger partial charge in [0, 0.05) is 17.9 Å². The van der Waals surface area contributed by atoms with Gasteiger partial charge in [-0.2, -0.15) is 0 Å². The minimum absolute atomic E-state index is 0.324. The van der Waals surface area contributed by atoms with Gasteiger partial charge in [0.15, 0.2) is 5.13 Å². The summed E-state index contributed by atoms with van der Waals surface area (Å²) in [5, 5.41) is 8.46. The number of thiazole rings is 1. The van der Waals surface area contributed by atoms with Crippen LogP contribution in [-0.4, -0.2) is 36.4 Å². The van der Waals surface area contributed by atoms with Gasteiger partial charge in [-0.15, -0.1) is 0 Å². The Kier molecular flexibility index (Phi) is 12.6. The third-order valence-electron chi connectivity index (χ3n) is 6.81. The quantitative estimate of drug-likeness (QED) is 0.0438. The number of unbranched alkanes of at least 4 members (excludes halogenated alkanes) is 1. The second-order valence-electron chi connectivity index (χ2n) is 10.2. The van der Waals surface area contributed by atoms with Crippen molar-refractivity contribution in [3.8, 4) is 22.6 Å². The van der Waals surface area contributed by atoms with Crippen molar-refractivity contribution in [3.63, 3.8) is 0 Å². The lowest BCUT2D eigenvalue weighted by Crippen LogP contribution is -2.09. The van der Waals surface area contributed by atoms with Crippen LogP contribution in [0.4, 0.5) is 5.13 Å². The third kappa shape index (κ3) is 9.87. The van der Waals surface area contributed by atoms with E-state index in [1.54, 1.807) is 36.4 Å². The Labute approximate surface area is 273 Å². The molecule has 8 nitrogen and oxygen atoms in total. The molecule has 0 radical (unpaired) electrons. The largest absolute Gasteiger partial charge is 0.494 e. The summed E-state index contributed by atoms with van der Waals surface area (Å²) in [4.78, 5) is 27.7. The molecule has 0 amide bonds. The number of esters is 2. The van der Waals surface area contributed by atoms with Crippen molar-refractivity contribution in [3.05, 3.63) is 120 Å². The highest BCUT2D eigenvalue weighted by molar-refractivity contribution is 7.22. The fraction of sp³-hybridized carbons (Fsp3) is 0.189. The fourth-order valence-corrected chi connectivity index (χ4v) is 5.23. The van der Waals surface area contributed by atoms with Gasteiger partial charge in [0.2, 0.25) is 0 Å². The standard InChI is InChI=1S/C30H31NO5.C7H6N2S/c1-3-7-22-8-10-23(11-9-22)28-17-16-27(20-25(28)21-31)36-30(33)24-12-14-26(15-13-24)34-18-5-6-19-35-29(32)4-2;8-7-9-5-3-1-2-4-6(5)10-7/h4,8-17,20-21,31H,2-3,5-7,18-19H2,1H3;1-4H,(H2,8,9). The molecule has 0 saturated carbocycles. The van der Waals surface area contributed by atoms with Crippen molar-refractivity contribution < 1.29 is 23.8 Å². The number of para-hydroxylation sites is 1. The molecule has 236 valence electrons. The van der Waals surface area contributed by atoms with Crippen LogP contribution in [0.5, 0.6) is 11.5 Å². The van der Waals surface area contributed by atoms with E-state index >= 15 is 0 Å².